The maximum Gasteiger partial charge on any atom is 0.346 e. The van der Waals surface area contributed by atoms with Crippen LogP contribution in [0.15, 0.2) is 28.4 Å². The number of rotatable bonds is 4. The largest absolute Gasteiger partial charge is 0.482 e. The molecule has 1 aliphatic rings. The highest BCUT2D eigenvalue weighted by Gasteiger charge is 2.19. The van der Waals surface area contributed by atoms with Gasteiger partial charge in [0.05, 0.1) is 16.6 Å². The van der Waals surface area contributed by atoms with Crippen LogP contribution in [-0.4, -0.2) is 39.5 Å². The van der Waals surface area contributed by atoms with E-state index in [0.717, 1.165) is 11.3 Å². The molecule has 0 saturated heterocycles. The number of anilines is 1. The van der Waals surface area contributed by atoms with Gasteiger partial charge in [-0.3, -0.25) is 14.4 Å². The van der Waals surface area contributed by atoms with Crippen molar-refractivity contribution in [2.45, 2.75) is 6.54 Å². The summed E-state index contributed by atoms with van der Waals surface area (Å²) in [7, 11) is 0. The van der Waals surface area contributed by atoms with Crippen molar-refractivity contribution in [2.24, 2.45) is 0 Å². The van der Waals surface area contributed by atoms with Crippen molar-refractivity contribution in [3.8, 4) is 5.75 Å². The van der Waals surface area contributed by atoms with Crippen molar-refractivity contribution >= 4 is 45.7 Å². The van der Waals surface area contributed by atoms with Gasteiger partial charge in [-0.2, -0.15) is 0 Å². The third-order valence-electron chi connectivity index (χ3n) is 4.00. The lowest BCUT2D eigenvalue weighted by Crippen LogP contribution is -2.28. The number of fused-ring (bicyclic) bond motifs is 2. The van der Waals surface area contributed by atoms with Crippen LogP contribution < -0.4 is 20.9 Å². The molecular weight excluding hydrogens is 388 g/mol. The number of ether oxygens (including phenoxy) is 1. The Morgan fingerprint density at radius 1 is 1.32 bits per heavy atom. The molecule has 0 atom stereocenters. The molecule has 0 aliphatic carbocycles. The highest BCUT2D eigenvalue weighted by Crippen LogP contribution is 2.28. The van der Waals surface area contributed by atoms with Gasteiger partial charge >= 0.3 is 5.97 Å². The van der Waals surface area contributed by atoms with Gasteiger partial charge in [0.15, 0.2) is 12.4 Å². The number of nitrogens with one attached hydrogen (secondary N) is 3. The molecular formula is C17H12N4O6S. The van der Waals surface area contributed by atoms with E-state index in [4.69, 9.17) is 9.84 Å². The van der Waals surface area contributed by atoms with E-state index in [1.54, 1.807) is 18.2 Å². The van der Waals surface area contributed by atoms with E-state index in [0.29, 0.717) is 17.0 Å². The highest BCUT2D eigenvalue weighted by molar-refractivity contribution is 7.13. The van der Waals surface area contributed by atoms with Gasteiger partial charge in [-0.25, -0.2) is 9.78 Å². The van der Waals surface area contributed by atoms with Crippen LogP contribution >= 0.6 is 11.3 Å². The third kappa shape index (κ3) is 3.18. The molecule has 3 heterocycles. The number of carboxylic acids is 1. The Kier molecular flexibility index (Phi) is 4.28. The number of aromatic carboxylic acids is 1. The number of nitrogens with zero attached hydrogens (tertiary/aromatic N) is 1. The van der Waals surface area contributed by atoms with Crippen LogP contribution in [0, 0.1) is 0 Å². The predicted octanol–water partition coefficient (Wildman–Crippen LogP) is 0.944. The first-order valence-corrected chi connectivity index (χ1v) is 8.89. The summed E-state index contributed by atoms with van der Waals surface area (Å²) in [6, 6.07) is 5.08. The highest BCUT2D eigenvalue weighted by atomic mass is 32.1. The molecule has 4 rings (SSSR count). The van der Waals surface area contributed by atoms with Gasteiger partial charge in [0, 0.05) is 11.9 Å². The zero-order valence-electron chi connectivity index (χ0n) is 14.1. The standard InChI is InChI=1S/C17H12N4O6S/c22-11-5-27-10-2-1-7(3-8(10)19-11)4-18-16(24)14-20-9-6-28-13(17(25)26)12(9)15(23)21-14/h1-3,6H,4-5H2,(H,18,24)(H,19,22)(H,25,26)(H,20,21,23). The van der Waals surface area contributed by atoms with Gasteiger partial charge < -0.3 is 25.5 Å². The number of carbonyl (C=O) groups is 3. The second-order valence-electron chi connectivity index (χ2n) is 5.89. The Hall–Kier alpha value is -3.73. The number of amides is 2. The van der Waals surface area contributed by atoms with E-state index < -0.39 is 17.4 Å². The van der Waals surface area contributed by atoms with E-state index in [1.807, 2.05) is 0 Å². The van der Waals surface area contributed by atoms with E-state index in [9.17, 15) is 19.2 Å². The van der Waals surface area contributed by atoms with E-state index >= 15 is 0 Å². The Morgan fingerprint density at radius 2 is 2.14 bits per heavy atom. The fourth-order valence-electron chi connectivity index (χ4n) is 2.74. The molecule has 0 unspecified atom stereocenters. The minimum absolute atomic E-state index is 0.0449. The van der Waals surface area contributed by atoms with E-state index in [-0.39, 0.29) is 40.7 Å². The molecule has 10 nitrogen and oxygen atoms in total. The van der Waals surface area contributed by atoms with Crippen LogP contribution in [0.2, 0.25) is 0 Å². The first kappa shape index (κ1) is 17.7. The van der Waals surface area contributed by atoms with E-state index in [1.165, 1.54) is 5.38 Å². The Morgan fingerprint density at radius 3 is 2.93 bits per heavy atom. The van der Waals surface area contributed by atoms with Crippen LogP contribution in [0.5, 0.6) is 5.75 Å². The van der Waals surface area contributed by atoms with Crippen molar-refractivity contribution in [3.05, 3.63) is 50.2 Å². The summed E-state index contributed by atoms with van der Waals surface area (Å²) in [6.07, 6.45) is 0. The number of benzene rings is 1. The number of hydrogen-bond acceptors (Lipinski definition) is 7. The second-order valence-corrected chi connectivity index (χ2v) is 6.77. The Balaban J connectivity index is 1.53. The summed E-state index contributed by atoms with van der Waals surface area (Å²) >= 11 is 0.869. The smallest absolute Gasteiger partial charge is 0.346 e. The molecule has 28 heavy (non-hydrogen) atoms. The van der Waals surface area contributed by atoms with Crippen LogP contribution in [0.4, 0.5) is 5.69 Å². The minimum atomic E-state index is -1.23. The van der Waals surface area contributed by atoms with Crippen LogP contribution in [-0.2, 0) is 11.3 Å². The zero-order chi connectivity index (χ0) is 19.8. The number of thiophene rings is 1. The SMILES string of the molecule is O=C1COc2ccc(CNC(=O)c3nc4csc(C(=O)O)c4c(=O)[nH]3)cc2N1. The van der Waals surface area contributed by atoms with Crippen molar-refractivity contribution in [1.82, 2.24) is 15.3 Å². The lowest BCUT2D eigenvalue weighted by Gasteiger charge is -2.18. The molecule has 1 aromatic carbocycles. The number of aromatic amines is 1. The average Bonchev–Trinajstić information content (AvgIpc) is 3.10. The molecule has 0 fully saturated rings. The van der Waals surface area contributed by atoms with E-state index in [2.05, 4.69) is 20.6 Å². The predicted molar refractivity (Wildman–Crippen MR) is 98.9 cm³/mol. The number of H-pyrrole nitrogens is 1. The van der Waals surface area contributed by atoms with Gasteiger partial charge in [-0.05, 0) is 17.7 Å². The van der Waals surface area contributed by atoms with Gasteiger partial charge in [0.25, 0.3) is 17.4 Å². The van der Waals surface area contributed by atoms with Gasteiger partial charge in [-0.15, -0.1) is 11.3 Å². The maximum absolute atomic E-state index is 12.3. The van der Waals surface area contributed by atoms with Crippen molar-refractivity contribution in [1.29, 1.82) is 0 Å². The summed E-state index contributed by atoms with van der Waals surface area (Å²) in [6.45, 7) is 0.0739. The molecule has 2 aromatic heterocycles. The normalized spacial score (nSPS) is 12.8. The lowest BCUT2D eigenvalue weighted by atomic mass is 10.1. The topological polar surface area (TPSA) is 150 Å². The molecule has 2 amide bonds. The van der Waals surface area contributed by atoms with Crippen molar-refractivity contribution < 1.29 is 24.2 Å². The number of carboxylic acid groups (broad SMARTS) is 1. The zero-order valence-corrected chi connectivity index (χ0v) is 14.9. The first-order chi connectivity index (χ1) is 13.4. The molecule has 0 bridgehead atoms. The second kappa shape index (κ2) is 6.78. The molecule has 0 spiro atoms. The maximum atomic E-state index is 12.3. The van der Waals surface area contributed by atoms with Crippen molar-refractivity contribution in [3.63, 3.8) is 0 Å². The van der Waals surface area contributed by atoms with Gasteiger partial charge in [0.2, 0.25) is 0 Å². The lowest BCUT2D eigenvalue weighted by molar-refractivity contribution is -0.118. The average molecular weight is 400 g/mol. The molecule has 3 aromatic rings. The summed E-state index contributed by atoms with van der Waals surface area (Å²) in [5.41, 5.74) is 0.660. The Bertz CT molecular complexity index is 1200. The monoisotopic (exact) mass is 400 g/mol. The van der Waals surface area contributed by atoms with Crippen LogP contribution in [0.25, 0.3) is 10.9 Å². The number of hydrogen-bond donors (Lipinski definition) is 4. The molecule has 0 saturated carbocycles. The molecule has 142 valence electrons. The van der Waals surface area contributed by atoms with Gasteiger partial charge in [0.1, 0.15) is 10.6 Å². The number of aromatic nitrogens is 2. The molecule has 4 N–H and O–H groups in total. The fraction of sp³-hybridized carbons (Fsp3) is 0.118. The molecule has 11 heteroatoms. The summed E-state index contributed by atoms with van der Waals surface area (Å²) in [5.74, 6) is -1.80. The summed E-state index contributed by atoms with van der Waals surface area (Å²) in [5, 5.41) is 15.8. The van der Waals surface area contributed by atoms with Gasteiger partial charge in [-0.1, -0.05) is 6.07 Å². The fourth-order valence-corrected chi connectivity index (χ4v) is 3.56. The molecule has 0 radical (unpaired) electrons. The summed E-state index contributed by atoms with van der Waals surface area (Å²) in [4.78, 5) is 53.3. The quantitative estimate of drug-likeness (QED) is 0.509. The third-order valence-corrected chi connectivity index (χ3v) is 4.96. The minimum Gasteiger partial charge on any atom is -0.482 e. The van der Waals surface area contributed by atoms with Crippen LogP contribution in [0.3, 0.4) is 0 Å². The number of carbonyl (C=O) groups excluding carboxylic acids is 2. The van der Waals surface area contributed by atoms with Crippen LogP contribution in [0.1, 0.15) is 25.9 Å². The van der Waals surface area contributed by atoms with Crippen molar-refractivity contribution in [2.75, 3.05) is 11.9 Å². The molecule has 1 aliphatic heterocycles. The summed E-state index contributed by atoms with van der Waals surface area (Å²) < 4.78 is 5.27. The Labute approximate surface area is 160 Å². The first-order valence-electron chi connectivity index (χ1n) is 8.01.